The summed E-state index contributed by atoms with van der Waals surface area (Å²) in [5.41, 5.74) is 0.493. The zero-order chi connectivity index (χ0) is 14.0. The molecule has 2 bridgehead atoms. The average Bonchev–Trinajstić information content (AvgIpc) is 2.84. The van der Waals surface area contributed by atoms with Crippen LogP contribution >= 0.6 is 15.9 Å². The standard InChI is InChI=1S/C16H18BrF2N/c1-20-16(9-5-12(19)10(17)6-11(9)18)15-13-7-2-3-8(4-7)14(13)15/h5-8,13-16,20H,2-4H2,1H3. The number of hydrogen-bond donors (Lipinski definition) is 1. The molecule has 3 fully saturated rings. The third-order valence-electron chi connectivity index (χ3n) is 5.87. The molecule has 1 N–H and O–H groups in total. The number of rotatable bonds is 3. The molecule has 5 unspecified atom stereocenters. The van der Waals surface area contributed by atoms with E-state index in [-0.39, 0.29) is 22.1 Å². The highest BCUT2D eigenvalue weighted by Gasteiger charge is 2.66. The maximum atomic E-state index is 14.2. The van der Waals surface area contributed by atoms with Gasteiger partial charge in [0.05, 0.1) is 4.47 Å². The smallest absolute Gasteiger partial charge is 0.137 e. The fourth-order valence-electron chi connectivity index (χ4n) is 5.17. The van der Waals surface area contributed by atoms with Crippen LogP contribution in [0.1, 0.15) is 30.9 Å². The molecule has 0 saturated heterocycles. The molecule has 20 heavy (non-hydrogen) atoms. The molecule has 3 saturated carbocycles. The Morgan fingerprint density at radius 2 is 1.80 bits per heavy atom. The van der Waals surface area contributed by atoms with Gasteiger partial charge in [0, 0.05) is 11.6 Å². The van der Waals surface area contributed by atoms with E-state index in [0.29, 0.717) is 11.5 Å². The fraction of sp³-hybridized carbons (Fsp3) is 0.625. The molecule has 1 aromatic carbocycles. The summed E-state index contributed by atoms with van der Waals surface area (Å²) < 4.78 is 28.2. The average molecular weight is 342 g/mol. The van der Waals surface area contributed by atoms with E-state index >= 15 is 0 Å². The number of halogens is 3. The number of benzene rings is 1. The summed E-state index contributed by atoms with van der Waals surface area (Å²) >= 11 is 3.05. The molecule has 0 heterocycles. The van der Waals surface area contributed by atoms with Crippen molar-refractivity contribution < 1.29 is 8.78 Å². The third-order valence-corrected chi connectivity index (χ3v) is 6.47. The van der Waals surface area contributed by atoms with Gasteiger partial charge in [-0.2, -0.15) is 0 Å². The summed E-state index contributed by atoms with van der Waals surface area (Å²) in [4.78, 5) is 0. The summed E-state index contributed by atoms with van der Waals surface area (Å²) in [6, 6.07) is 2.56. The molecule has 0 radical (unpaired) electrons. The van der Waals surface area contributed by atoms with Crippen molar-refractivity contribution in [1.29, 1.82) is 0 Å². The van der Waals surface area contributed by atoms with Gasteiger partial charge < -0.3 is 5.32 Å². The lowest BCUT2D eigenvalue weighted by molar-refractivity contribution is 0.375. The Labute approximate surface area is 126 Å². The highest BCUT2D eigenvalue weighted by Crippen LogP contribution is 2.72. The van der Waals surface area contributed by atoms with Gasteiger partial charge in [0.1, 0.15) is 11.6 Å². The largest absolute Gasteiger partial charge is 0.313 e. The van der Waals surface area contributed by atoms with E-state index in [4.69, 9.17) is 0 Å². The molecule has 1 nitrogen and oxygen atoms in total. The topological polar surface area (TPSA) is 12.0 Å². The van der Waals surface area contributed by atoms with Gasteiger partial charge in [-0.05, 0) is 84.0 Å². The van der Waals surface area contributed by atoms with Gasteiger partial charge >= 0.3 is 0 Å². The second-order valence-corrected chi connectivity index (χ2v) is 7.47. The van der Waals surface area contributed by atoms with Crippen LogP contribution in [0.15, 0.2) is 16.6 Å². The summed E-state index contributed by atoms with van der Waals surface area (Å²) in [6.45, 7) is 0. The molecular weight excluding hydrogens is 324 g/mol. The lowest BCUT2D eigenvalue weighted by Gasteiger charge is -2.21. The Bertz CT molecular complexity index is 546. The SMILES string of the molecule is CNC(c1cc(F)c(Br)cc1F)C1C2C3CCC(C3)C21. The van der Waals surface area contributed by atoms with E-state index in [2.05, 4.69) is 21.2 Å². The maximum Gasteiger partial charge on any atom is 0.137 e. The van der Waals surface area contributed by atoms with Crippen LogP contribution in [-0.2, 0) is 0 Å². The molecule has 1 aromatic rings. The monoisotopic (exact) mass is 341 g/mol. The number of fused-ring (bicyclic) bond motifs is 5. The molecule has 0 amide bonds. The molecular formula is C16H18BrF2N. The Morgan fingerprint density at radius 1 is 1.15 bits per heavy atom. The van der Waals surface area contributed by atoms with Crippen LogP contribution in [-0.4, -0.2) is 7.05 Å². The molecule has 0 spiro atoms. The van der Waals surface area contributed by atoms with E-state index in [0.717, 1.165) is 23.7 Å². The Hall–Kier alpha value is -0.480. The van der Waals surface area contributed by atoms with Crippen LogP contribution in [0.5, 0.6) is 0 Å². The predicted molar refractivity (Wildman–Crippen MR) is 77.2 cm³/mol. The number of hydrogen-bond acceptors (Lipinski definition) is 1. The second kappa shape index (κ2) is 4.51. The van der Waals surface area contributed by atoms with Gasteiger partial charge in [0.2, 0.25) is 0 Å². The molecule has 3 aliphatic rings. The fourth-order valence-corrected chi connectivity index (χ4v) is 5.49. The lowest BCUT2D eigenvalue weighted by atomic mass is 9.92. The minimum Gasteiger partial charge on any atom is -0.313 e. The van der Waals surface area contributed by atoms with Crippen LogP contribution in [0.3, 0.4) is 0 Å². The normalized spacial score (nSPS) is 38.9. The summed E-state index contributed by atoms with van der Waals surface area (Å²) in [6.07, 6.45) is 4.06. The first-order valence-electron chi connectivity index (χ1n) is 7.43. The first kappa shape index (κ1) is 13.2. The molecule has 5 atom stereocenters. The van der Waals surface area contributed by atoms with Crippen LogP contribution in [0, 0.1) is 41.2 Å². The van der Waals surface area contributed by atoms with E-state index in [1.165, 1.54) is 31.4 Å². The predicted octanol–water partition coefficient (Wildman–Crippen LogP) is 4.28. The van der Waals surface area contributed by atoms with Crippen molar-refractivity contribution in [1.82, 2.24) is 5.32 Å². The molecule has 0 aromatic heterocycles. The van der Waals surface area contributed by atoms with E-state index < -0.39 is 0 Å². The van der Waals surface area contributed by atoms with Gasteiger partial charge in [-0.1, -0.05) is 0 Å². The summed E-state index contributed by atoms with van der Waals surface area (Å²) in [5, 5.41) is 3.24. The van der Waals surface area contributed by atoms with Crippen molar-refractivity contribution in [2.75, 3.05) is 7.05 Å². The van der Waals surface area contributed by atoms with Crippen molar-refractivity contribution in [3.63, 3.8) is 0 Å². The van der Waals surface area contributed by atoms with Crippen molar-refractivity contribution in [2.24, 2.45) is 29.6 Å². The molecule has 108 valence electrons. The quantitative estimate of drug-likeness (QED) is 0.809. The van der Waals surface area contributed by atoms with Gasteiger partial charge in [-0.25, -0.2) is 8.78 Å². The van der Waals surface area contributed by atoms with Crippen LogP contribution in [0.4, 0.5) is 8.78 Å². The lowest BCUT2D eigenvalue weighted by Crippen LogP contribution is -2.23. The van der Waals surface area contributed by atoms with Gasteiger partial charge in [-0.15, -0.1) is 0 Å². The van der Waals surface area contributed by atoms with Crippen molar-refractivity contribution in [3.8, 4) is 0 Å². The Morgan fingerprint density at radius 3 is 2.40 bits per heavy atom. The van der Waals surface area contributed by atoms with E-state index in [1.807, 2.05) is 7.05 Å². The van der Waals surface area contributed by atoms with Gasteiger partial charge in [0.15, 0.2) is 0 Å². The minimum atomic E-state index is -0.379. The van der Waals surface area contributed by atoms with Crippen LogP contribution in [0.2, 0.25) is 0 Å². The van der Waals surface area contributed by atoms with E-state index in [1.54, 1.807) is 0 Å². The zero-order valence-electron chi connectivity index (χ0n) is 11.4. The van der Waals surface area contributed by atoms with Crippen molar-refractivity contribution in [3.05, 3.63) is 33.8 Å². The number of nitrogens with one attached hydrogen (secondary N) is 1. The van der Waals surface area contributed by atoms with Crippen LogP contribution in [0.25, 0.3) is 0 Å². The summed E-state index contributed by atoms with van der Waals surface area (Å²) in [7, 11) is 1.86. The minimum absolute atomic E-state index is 0.0454. The van der Waals surface area contributed by atoms with Crippen molar-refractivity contribution in [2.45, 2.75) is 25.3 Å². The highest BCUT2D eigenvalue weighted by atomic mass is 79.9. The van der Waals surface area contributed by atoms with Gasteiger partial charge in [-0.3, -0.25) is 0 Å². The van der Waals surface area contributed by atoms with Crippen molar-refractivity contribution >= 4 is 15.9 Å². The highest BCUT2D eigenvalue weighted by molar-refractivity contribution is 9.10. The first-order chi connectivity index (χ1) is 9.61. The summed E-state index contributed by atoms with van der Waals surface area (Å²) in [5.74, 6) is 2.99. The Balaban J connectivity index is 1.65. The molecule has 4 heteroatoms. The molecule has 4 rings (SSSR count). The third kappa shape index (κ3) is 1.73. The maximum absolute atomic E-state index is 14.2. The second-order valence-electron chi connectivity index (χ2n) is 6.62. The molecule has 0 aliphatic heterocycles. The van der Waals surface area contributed by atoms with Crippen LogP contribution < -0.4 is 5.32 Å². The van der Waals surface area contributed by atoms with Gasteiger partial charge in [0.25, 0.3) is 0 Å². The first-order valence-corrected chi connectivity index (χ1v) is 8.22. The zero-order valence-corrected chi connectivity index (χ0v) is 13.0. The Kier molecular flexibility index (Phi) is 2.97. The van der Waals surface area contributed by atoms with E-state index in [9.17, 15) is 8.78 Å². The molecule has 3 aliphatic carbocycles.